The zero-order valence-corrected chi connectivity index (χ0v) is 16.6. The Morgan fingerprint density at radius 3 is 2.31 bits per heavy atom. The van der Waals surface area contributed by atoms with Crippen LogP contribution >= 0.6 is 11.6 Å². The molecule has 1 amide bonds. The molecule has 3 nitrogen and oxygen atoms in total. The molecule has 0 saturated carbocycles. The summed E-state index contributed by atoms with van der Waals surface area (Å²) in [5.74, 6) is 0.0247. The highest BCUT2D eigenvalue weighted by Gasteiger charge is 2.36. The van der Waals surface area contributed by atoms with Crippen LogP contribution in [-0.2, 0) is 9.53 Å². The summed E-state index contributed by atoms with van der Waals surface area (Å²) < 4.78 is 43.6. The molecule has 3 rings (SSSR count). The van der Waals surface area contributed by atoms with Crippen LogP contribution in [0.5, 0.6) is 0 Å². The van der Waals surface area contributed by atoms with Gasteiger partial charge in [-0.3, -0.25) is 4.79 Å². The van der Waals surface area contributed by atoms with E-state index in [1.807, 2.05) is 30.3 Å². The number of rotatable bonds is 8. The molecule has 1 saturated heterocycles. The Kier molecular flexibility index (Phi) is 7.19. The average molecular weight is 426 g/mol. The molecular formula is C22H23ClF3NO2. The third kappa shape index (κ3) is 5.97. The summed E-state index contributed by atoms with van der Waals surface area (Å²) in [4.78, 5) is 14.3. The number of alkyl halides is 3. The van der Waals surface area contributed by atoms with E-state index in [-0.39, 0.29) is 18.9 Å². The van der Waals surface area contributed by atoms with Crippen LogP contribution in [0.25, 0.3) is 0 Å². The van der Waals surface area contributed by atoms with Gasteiger partial charge >= 0.3 is 6.18 Å². The Hall–Kier alpha value is -2.05. The molecule has 0 spiro atoms. The third-order valence-electron chi connectivity index (χ3n) is 4.97. The smallest absolute Gasteiger partial charge is 0.371 e. The highest BCUT2D eigenvalue weighted by atomic mass is 35.5. The van der Waals surface area contributed by atoms with E-state index in [2.05, 4.69) is 0 Å². The summed E-state index contributed by atoms with van der Waals surface area (Å²) in [7, 11) is 0. The summed E-state index contributed by atoms with van der Waals surface area (Å²) in [6.07, 6.45) is -4.64. The number of carbonyl (C=O) groups excluding carboxylic acids is 1. The van der Waals surface area contributed by atoms with Gasteiger partial charge in [0.15, 0.2) is 0 Å². The van der Waals surface area contributed by atoms with E-state index in [4.69, 9.17) is 16.3 Å². The van der Waals surface area contributed by atoms with Gasteiger partial charge in [0.2, 0.25) is 5.91 Å². The Morgan fingerprint density at radius 2 is 1.72 bits per heavy atom. The molecular weight excluding hydrogens is 403 g/mol. The van der Waals surface area contributed by atoms with E-state index in [0.717, 1.165) is 17.5 Å². The van der Waals surface area contributed by atoms with E-state index in [0.29, 0.717) is 18.0 Å². The molecule has 2 aromatic carbocycles. The van der Waals surface area contributed by atoms with Crippen LogP contribution in [-0.4, -0.2) is 30.1 Å². The molecule has 156 valence electrons. The van der Waals surface area contributed by atoms with Crippen LogP contribution in [0.4, 0.5) is 13.2 Å². The molecule has 1 aliphatic rings. The number of halogens is 4. The first-order chi connectivity index (χ1) is 13.8. The van der Waals surface area contributed by atoms with Crippen molar-refractivity contribution >= 4 is 17.5 Å². The predicted molar refractivity (Wildman–Crippen MR) is 106 cm³/mol. The Balaban J connectivity index is 1.91. The summed E-state index contributed by atoms with van der Waals surface area (Å²) >= 11 is 6.01. The standard InChI is InChI=1S/C22H23ClF3NO2/c23-18-11-9-17(10-12-18)21(29-15-5-13-22(24,25)26)20(16-6-2-1-3-7-16)27-14-4-8-19(27)28/h1-3,6-7,9-12,20-21H,4-5,8,13-15H2/t20-,21+/m0/s1. The van der Waals surface area contributed by atoms with Crippen molar-refractivity contribution in [1.29, 1.82) is 0 Å². The summed E-state index contributed by atoms with van der Waals surface area (Å²) in [5, 5.41) is 0.554. The second-order valence-corrected chi connectivity index (χ2v) is 7.54. The van der Waals surface area contributed by atoms with Crippen molar-refractivity contribution < 1.29 is 22.7 Å². The van der Waals surface area contributed by atoms with Crippen molar-refractivity contribution in [3.05, 3.63) is 70.7 Å². The lowest BCUT2D eigenvalue weighted by Gasteiger charge is -2.35. The van der Waals surface area contributed by atoms with Crippen molar-refractivity contribution in [3.63, 3.8) is 0 Å². The minimum Gasteiger partial charge on any atom is -0.371 e. The summed E-state index contributed by atoms with van der Waals surface area (Å²) in [6, 6.07) is 16.1. The van der Waals surface area contributed by atoms with E-state index < -0.39 is 24.7 Å². The highest BCUT2D eigenvalue weighted by molar-refractivity contribution is 6.30. The van der Waals surface area contributed by atoms with Crippen LogP contribution in [0.2, 0.25) is 5.02 Å². The van der Waals surface area contributed by atoms with E-state index >= 15 is 0 Å². The Bertz CT molecular complexity index is 796. The fourth-order valence-corrected chi connectivity index (χ4v) is 3.76. The molecule has 0 aromatic heterocycles. The lowest BCUT2D eigenvalue weighted by Crippen LogP contribution is -2.35. The first-order valence-electron chi connectivity index (χ1n) is 9.63. The van der Waals surface area contributed by atoms with E-state index in [1.54, 1.807) is 29.2 Å². The first kappa shape index (κ1) is 21.7. The quantitative estimate of drug-likeness (QED) is 0.478. The molecule has 7 heteroatoms. The minimum absolute atomic E-state index is 0.0247. The number of ether oxygens (including phenoxy) is 1. The molecule has 0 radical (unpaired) electrons. The predicted octanol–water partition coefficient (Wildman–Crippen LogP) is 6.10. The third-order valence-corrected chi connectivity index (χ3v) is 5.23. The summed E-state index contributed by atoms with van der Waals surface area (Å²) in [5.41, 5.74) is 1.66. The zero-order valence-electron chi connectivity index (χ0n) is 15.9. The molecule has 2 atom stereocenters. The second kappa shape index (κ2) is 9.63. The number of nitrogens with zero attached hydrogens (tertiary/aromatic N) is 1. The van der Waals surface area contributed by atoms with Gasteiger partial charge in [-0.2, -0.15) is 13.2 Å². The lowest BCUT2D eigenvalue weighted by molar-refractivity contribution is -0.141. The normalized spacial score (nSPS) is 16.8. The van der Waals surface area contributed by atoms with Gasteiger partial charge in [-0.25, -0.2) is 0 Å². The van der Waals surface area contributed by atoms with Crippen LogP contribution < -0.4 is 0 Å². The van der Waals surface area contributed by atoms with Crippen LogP contribution in [0, 0.1) is 0 Å². The molecule has 0 unspecified atom stereocenters. The molecule has 1 aliphatic heterocycles. The van der Waals surface area contributed by atoms with Gasteiger partial charge in [0.05, 0.1) is 6.04 Å². The van der Waals surface area contributed by atoms with Crippen molar-refractivity contribution in [3.8, 4) is 0 Å². The van der Waals surface area contributed by atoms with Crippen LogP contribution in [0.3, 0.4) is 0 Å². The number of benzene rings is 2. The van der Waals surface area contributed by atoms with Gasteiger partial charge in [0, 0.05) is 31.0 Å². The zero-order chi connectivity index (χ0) is 20.9. The fraction of sp³-hybridized carbons (Fsp3) is 0.409. The number of hydrogen-bond donors (Lipinski definition) is 0. The molecule has 0 bridgehead atoms. The van der Waals surface area contributed by atoms with Crippen molar-refractivity contribution in [2.45, 2.75) is 44.0 Å². The molecule has 1 heterocycles. The highest BCUT2D eigenvalue weighted by Crippen LogP contribution is 2.39. The maximum atomic E-state index is 12.5. The number of hydrogen-bond acceptors (Lipinski definition) is 2. The number of amides is 1. The van der Waals surface area contributed by atoms with Crippen LogP contribution in [0.15, 0.2) is 54.6 Å². The number of carbonyl (C=O) groups is 1. The molecule has 0 N–H and O–H groups in total. The average Bonchev–Trinajstić information content (AvgIpc) is 3.10. The molecule has 1 fully saturated rings. The molecule has 0 aliphatic carbocycles. The Labute approximate surface area is 173 Å². The van der Waals surface area contributed by atoms with Gasteiger partial charge < -0.3 is 9.64 Å². The minimum atomic E-state index is -4.22. The van der Waals surface area contributed by atoms with Gasteiger partial charge in [-0.1, -0.05) is 54.1 Å². The second-order valence-electron chi connectivity index (χ2n) is 7.11. The summed E-state index contributed by atoms with van der Waals surface area (Å²) in [6.45, 7) is 0.534. The van der Waals surface area contributed by atoms with Gasteiger partial charge in [0.1, 0.15) is 6.10 Å². The SMILES string of the molecule is O=C1CCCN1[C@@H](c1ccccc1)[C@H](OCCCC(F)(F)F)c1ccc(Cl)cc1. The Morgan fingerprint density at radius 1 is 1.03 bits per heavy atom. The van der Waals surface area contributed by atoms with Crippen molar-refractivity contribution in [2.24, 2.45) is 0 Å². The largest absolute Gasteiger partial charge is 0.389 e. The number of likely N-dealkylation sites (tertiary alicyclic amines) is 1. The maximum absolute atomic E-state index is 12.5. The van der Waals surface area contributed by atoms with Gasteiger partial charge in [-0.15, -0.1) is 0 Å². The fourth-order valence-electron chi connectivity index (χ4n) is 3.64. The van der Waals surface area contributed by atoms with Crippen LogP contribution in [0.1, 0.15) is 49.0 Å². The van der Waals surface area contributed by atoms with E-state index in [9.17, 15) is 18.0 Å². The van der Waals surface area contributed by atoms with Gasteiger partial charge in [0.25, 0.3) is 0 Å². The van der Waals surface area contributed by atoms with E-state index in [1.165, 1.54) is 0 Å². The molecule has 2 aromatic rings. The first-order valence-corrected chi connectivity index (χ1v) is 10.0. The maximum Gasteiger partial charge on any atom is 0.389 e. The van der Waals surface area contributed by atoms with Gasteiger partial charge in [-0.05, 0) is 36.1 Å². The topological polar surface area (TPSA) is 29.5 Å². The van der Waals surface area contributed by atoms with Crippen molar-refractivity contribution in [2.75, 3.05) is 13.2 Å². The monoisotopic (exact) mass is 425 g/mol. The molecule has 29 heavy (non-hydrogen) atoms. The van der Waals surface area contributed by atoms with Crippen molar-refractivity contribution in [1.82, 2.24) is 4.90 Å². The lowest BCUT2D eigenvalue weighted by atomic mass is 9.94.